The Hall–Kier alpha value is -4.06. The van der Waals surface area contributed by atoms with E-state index in [-0.39, 0.29) is 0 Å². The van der Waals surface area contributed by atoms with Crippen molar-refractivity contribution in [2.45, 2.75) is 38.9 Å². The average Bonchev–Trinajstić information content (AvgIpc) is 3.52. The molecule has 3 heterocycles. The lowest BCUT2D eigenvalue weighted by Gasteiger charge is -2.32. The lowest BCUT2D eigenvalue weighted by molar-refractivity contribution is 0.00578. The van der Waals surface area contributed by atoms with Crippen molar-refractivity contribution in [1.29, 1.82) is 0 Å². The molecule has 0 bridgehead atoms. The molecule has 0 spiro atoms. The minimum absolute atomic E-state index is 0.423. The molecule has 0 radical (unpaired) electrons. The van der Waals surface area contributed by atoms with E-state index < -0.39 is 18.3 Å². The summed E-state index contributed by atoms with van der Waals surface area (Å²) in [7, 11) is -0.468. The molecule has 0 saturated carbocycles. The van der Waals surface area contributed by atoms with Gasteiger partial charge in [-0.2, -0.15) is 0 Å². The number of nitrogens with zero attached hydrogens (tertiary/aromatic N) is 1. The smallest absolute Gasteiger partial charge is 0.456 e. The molecule has 0 aliphatic carbocycles. The predicted molar refractivity (Wildman–Crippen MR) is 161 cm³/mol. The van der Waals surface area contributed by atoms with E-state index in [2.05, 4.69) is 129 Å². The van der Waals surface area contributed by atoms with Gasteiger partial charge in [-0.25, -0.2) is 0 Å². The van der Waals surface area contributed by atoms with Crippen molar-refractivity contribution >= 4 is 67.1 Å². The van der Waals surface area contributed by atoms with Gasteiger partial charge >= 0.3 is 7.12 Å². The second kappa shape index (κ2) is 7.75. The number of aromatic nitrogens is 1. The molecule has 0 N–H and O–H groups in total. The highest BCUT2D eigenvalue weighted by Crippen LogP contribution is 2.39. The van der Waals surface area contributed by atoms with Crippen LogP contribution in [-0.2, 0) is 9.31 Å². The molecule has 5 heteroatoms. The molecule has 1 aliphatic heterocycles. The van der Waals surface area contributed by atoms with Gasteiger partial charge < -0.3 is 18.3 Å². The number of benzene rings is 5. The summed E-state index contributed by atoms with van der Waals surface area (Å²) in [5.41, 5.74) is 5.23. The van der Waals surface area contributed by atoms with E-state index in [9.17, 15) is 0 Å². The van der Waals surface area contributed by atoms with Gasteiger partial charge in [0.2, 0.25) is 0 Å². The first-order chi connectivity index (χ1) is 18.8. The Morgan fingerprint density at radius 2 is 1.26 bits per heavy atom. The lowest BCUT2D eigenvalue weighted by Crippen LogP contribution is -2.41. The third kappa shape index (κ3) is 3.21. The maximum Gasteiger partial charge on any atom is 0.497 e. The number of hydrogen-bond acceptors (Lipinski definition) is 3. The van der Waals surface area contributed by atoms with Gasteiger partial charge in [0.1, 0.15) is 11.2 Å². The van der Waals surface area contributed by atoms with E-state index >= 15 is 0 Å². The zero-order valence-corrected chi connectivity index (χ0v) is 22.5. The third-order valence-corrected chi connectivity index (χ3v) is 8.81. The van der Waals surface area contributed by atoms with E-state index in [4.69, 9.17) is 13.7 Å². The normalized spacial score (nSPS) is 16.9. The van der Waals surface area contributed by atoms with Gasteiger partial charge in [-0.3, -0.25) is 0 Å². The zero-order chi connectivity index (χ0) is 26.5. The van der Waals surface area contributed by atoms with Crippen LogP contribution in [0, 0.1) is 0 Å². The monoisotopic (exact) mass is 509 g/mol. The maximum atomic E-state index is 6.54. The van der Waals surface area contributed by atoms with E-state index in [1.807, 2.05) is 0 Å². The van der Waals surface area contributed by atoms with Gasteiger partial charge in [0.05, 0.1) is 22.2 Å². The minimum atomic E-state index is -0.468. The highest BCUT2D eigenvalue weighted by atomic mass is 16.7. The van der Waals surface area contributed by atoms with Gasteiger partial charge in [-0.05, 0) is 68.8 Å². The van der Waals surface area contributed by atoms with Gasteiger partial charge in [-0.1, -0.05) is 60.7 Å². The summed E-state index contributed by atoms with van der Waals surface area (Å²) in [6.07, 6.45) is 0. The highest BCUT2D eigenvalue weighted by molar-refractivity contribution is 6.65. The lowest BCUT2D eigenvalue weighted by atomic mass is 9.77. The summed E-state index contributed by atoms with van der Waals surface area (Å²) in [4.78, 5) is 0. The van der Waals surface area contributed by atoms with Crippen molar-refractivity contribution in [1.82, 2.24) is 4.57 Å². The molecule has 7 aromatic rings. The Morgan fingerprint density at radius 3 is 2.05 bits per heavy atom. The molecule has 5 aromatic carbocycles. The third-order valence-electron chi connectivity index (χ3n) is 8.81. The number of furan rings is 1. The summed E-state index contributed by atoms with van der Waals surface area (Å²) >= 11 is 0. The van der Waals surface area contributed by atoms with Crippen molar-refractivity contribution < 1.29 is 13.7 Å². The van der Waals surface area contributed by atoms with Crippen LogP contribution in [0.5, 0.6) is 0 Å². The second-order valence-corrected chi connectivity index (χ2v) is 11.7. The van der Waals surface area contributed by atoms with Crippen LogP contribution in [0.4, 0.5) is 0 Å². The molecule has 0 unspecified atom stereocenters. The Bertz CT molecular complexity index is 2080. The zero-order valence-electron chi connectivity index (χ0n) is 22.5. The molecular weight excluding hydrogens is 481 g/mol. The Balaban J connectivity index is 1.39. The first kappa shape index (κ1) is 22.9. The van der Waals surface area contributed by atoms with Crippen LogP contribution in [0.15, 0.2) is 101 Å². The number of fused-ring (bicyclic) bond motifs is 7. The molecular formula is C34H28BNO3. The van der Waals surface area contributed by atoms with Gasteiger partial charge in [0.25, 0.3) is 0 Å². The largest absolute Gasteiger partial charge is 0.497 e. The van der Waals surface area contributed by atoms with Gasteiger partial charge in [-0.15, -0.1) is 0 Å². The Labute approximate surface area is 226 Å². The Morgan fingerprint density at radius 1 is 0.590 bits per heavy atom. The minimum Gasteiger partial charge on any atom is -0.456 e. The number of hydrogen-bond donors (Lipinski definition) is 0. The molecule has 39 heavy (non-hydrogen) atoms. The van der Waals surface area contributed by atoms with Crippen molar-refractivity contribution in [3.63, 3.8) is 0 Å². The second-order valence-electron chi connectivity index (χ2n) is 11.7. The van der Waals surface area contributed by atoms with Crippen LogP contribution in [0.3, 0.4) is 0 Å². The predicted octanol–water partition coefficient (Wildman–Crippen LogP) is 8.14. The quantitative estimate of drug-likeness (QED) is 0.221. The van der Waals surface area contributed by atoms with E-state index in [0.29, 0.717) is 0 Å². The van der Waals surface area contributed by atoms with Gasteiger partial charge in [0.15, 0.2) is 0 Å². The average molecular weight is 509 g/mol. The van der Waals surface area contributed by atoms with Crippen LogP contribution < -0.4 is 5.46 Å². The summed E-state index contributed by atoms with van der Waals surface area (Å²) < 4.78 is 21.9. The van der Waals surface area contributed by atoms with Crippen molar-refractivity contribution in [2.24, 2.45) is 0 Å². The summed E-state index contributed by atoms with van der Waals surface area (Å²) in [5, 5.41) is 7.02. The number of para-hydroxylation sites is 2. The molecule has 1 saturated heterocycles. The van der Waals surface area contributed by atoms with Crippen LogP contribution in [0.2, 0.25) is 0 Å². The van der Waals surface area contributed by atoms with E-state index in [1.165, 1.54) is 21.5 Å². The van der Waals surface area contributed by atoms with Crippen molar-refractivity contribution in [3.05, 3.63) is 97.1 Å². The summed E-state index contributed by atoms with van der Waals surface area (Å²) in [6.45, 7) is 8.40. The molecule has 190 valence electrons. The Kier molecular flexibility index (Phi) is 4.55. The fourth-order valence-corrected chi connectivity index (χ4v) is 6.06. The standard InChI is InChI=1S/C34H28BNO3/c1-33(2)34(3,4)39-35(38-33)28-14-9-13-26-24-12-7-8-15-29(24)36(32(26)28)23-16-17-25-27-18-21-10-5-6-11-22(21)19-30(27)37-31(25)20-23/h5-20H,1-4H3. The maximum absolute atomic E-state index is 6.54. The summed E-state index contributed by atoms with van der Waals surface area (Å²) in [5.74, 6) is 0. The first-order valence-electron chi connectivity index (χ1n) is 13.5. The SMILES string of the molecule is CC1(C)OB(c2cccc3c4ccccc4n(-c4ccc5c(c4)oc4cc6ccccc6cc45)c23)OC1(C)C. The molecule has 1 aliphatic rings. The highest BCUT2D eigenvalue weighted by Gasteiger charge is 2.52. The van der Waals surface area contributed by atoms with Crippen molar-refractivity contribution in [3.8, 4) is 5.69 Å². The summed E-state index contributed by atoms with van der Waals surface area (Å²) in [6, 6.07) is 34.3. The molecule has 8 rings (SSSR count). The van der Waals surface area contributed by atoms with Crippen LogP contribution in [0.25, 0.3) is 60.2 Å². The van der Waals surface area contributed by atoms with Crippen LogP contribution in [0.1, 0.15) is 27.7 Å². The van der Waals surface area contributed by atoms with E-state index in [1.54, 1.807) is 0 Å². The van der Waals surface area contributed by atoms with E-state index in [0.717, 1.165) is 44.1 Å². The molecule has 4 nitrogen and oxygen atoms in total. The molecule has 0 amide bonds. The topological polar surface area (TPSA) is 36.5 Å². The number of rotatable bonds is 2. The molecule has 1 fully saturated rings. The molecule has 0 atom stereocenters. The molecule has 2 aromatic heterocycles. The van der Waals surface area contributed by atoms with Crippen LogP contribution in [-0.4, -0.2) is 22.9 Å². The van der Waals surface area contributed by atoms with Crippen molar-refractivity contribution in [2.75, 3.05) is 0 Å². The fourth-order valence-electron chi connectivity index (χ4n) is 6.06. The first-order valence-corrected chi connectivity index (χ1v) is 13.5. The van der Waals surface area contributed by atoms with Gasteiger partial charge in [0, 0.05) is 38.8 Å². The van der Waals surface area contributed by atoms with Crippen LogP contribution >= 0.6 is 0 Å². The fraction of sp³-hybridized carbons (Fsp3) is 0.176.